The molecule has 2 rings (SSSR count). The van der Waals surface area contributed by atoms with Crippen LogP contribution in [0.4, 0.5) is 11.4 Å². The van der Waals surface area contributed by atoms with Crippen molar-refractivity contribution in [1.82, 2.24) is 5.43 Å². The first-order chi connectivity index (χ1) is 11.5. The van der Waals surface area contributed by atoms with Gasteiger partial charge < -0.3 is 16.3 Å². The molecule has 0 aliphatic rings. The standard InChI is InChI=1S/C17H18N4O3/c18-16-11(7-8-15(22)23)3-2-6-14(16)17(24)12-4-1-5-13(9-12)20-10-21-19/h1-6,9-10H,7-8,18-19H2,(H,20,21)(H,22,23). The lowest BCUT2D eigenvalue weighted by molar-refractivity contribution is -0.136. The summed E-state index contributed by atoms with van der Waals surface area (Å²) in [6.07, 6.45) is 1.54. The Morgan fingerprint density at radius 1 is 1.21 bits per heavy atom. The van der Waals surface area contributed by atoms with E-state index in [0.29, 0.717) is 28.1 Å². The third-order valence-electron chi connectivity index (χ3n) is 3.45. The van der Waals surface area contributed by atoms with Crippen molar-refractivity contribution in [2.45, 2.75) is 12.8 Å². The quantitative estimate of drug-likeness (QED) is 0.153. The van der Waals surface area contributed by atoms with Gasteiger partial charge in [-0.15, -0.1) is 0 Å². The van der Waals surface area contributed by atoms with Gasteiger partial charge in [0.15, 0.2) is 5.78 Å². The largest absolute Gasteiger partial charge is 0.481 e. The highest BCUT2D eigenvalue weighted by molar-refractivity contribution is 6.12. The van der Waals surface area contributed by atoms with Gasteiger partial charge in [-0.25, -0.2) is 10.8 Å². The van der Waals surface area contributed by atoms with Crippen LogP contribution in [0.15, 0.2) is 47.5 Å². The van der Waals surface area contributed by atoms with E-state index in [-0.39, 0.29) is 18.6 Å². The van der Waals surface area contributed by atoms with E-state index in [4.69, 9.17) is 16.7 Å². The molecule has 0 unspecified atom stereocenters. The maximum Gasteiger partial charge on any atom is 0.303 e. The van der Waals surface area contributed by atoms with Crippen LogP contribution < -0.4 is 17.0 Å². The average molecular weight is 326 g/mol. The van der Waals surface area contributed by atoms with Crippen LogP contribution in [0.1, 0.15) is 27.9 Å². The first-order valence-corrected chi connectivity index (χ1v) is 7.25. The third-order valence-corrected chi connectivity index (χ3v) is 3.45. The third kappa shape index (κ3) is 4.17. The number of hydrogen-bond donors (Lipinski definition) is 4. The number of aryl methyl sites for hydroxylation is 1. The molecule has 0 spiro atoms. The lowest BCUT2D eigenvalue weighted by atomic mass is 9.97. The summed E-state index contributed by atoms with van der Waals surface area (Å²) in [6.45, 7) is 0. The number of nitrogens with two attached hydrogens (primary N) is 2. The maximum atomic E-state index is 12.7. The summed E-state index contributed by atoms with van der Waals surface area (Å²) < 4.78 is 0. The van der Waals surface area contributed by atoms with Gasteiger partial charge in [-0.2, -0.15) is 0 Å². The van der Waals surface area contributed by atoms with Crippen LogP contribution in [0.25, 0.3) is 0 Å². The number of nitrogen functional groups attached to an aromatic ring is 1. The van der Waals surface area contributed by atoms with Gasteiger partial charge >= 0.3 is 5.97 Å². The summed E-state index contributed by atoms with van der Waals surface area (Å²) >= 11 is 0. The molecule has 0 amide bonds. The van der Waals surface area contributed by atoms with E-state index in [1.807, 2.05) is 0 Å². The van der Waals surface area contributed by atoms with Crippen LogP contribution >= 0.6 is 0 Å². The predicted octanol–water partition coefficient (Wildman–Crippen LogP) is 1.64. The van der Waals surface area contributed by atoms with Gasteiger partial charge in [-0.3, -0.25) is 9.59 Å². The predicted molar refractivity (Wildman–Crippen MR) is 92.2 cm³/mol. The maximum absolute atomic E-state index is 12.7. The number of rotatable bonds is 7. The summed E-state index contributed by atoms with van der Waals surface area (Å²) in [6, 6.07) is 11.8. The summed E-state index contributed by atoms with van der Waals surface area (Å²) in [5.74, 6) is 3.97. The number of benzene rings is 2. The van der Waals surface area contributed by atoms with Gasteiger partial charge in [0.2, 0.25) is 0 Å². The number of aliphatic imine (C=N–C) groups is 1. The molecule has 0 saturated heterocycles. The fourth-order valence-corrected chi connectivity index (χ4v) is 2.27. The van der Waals surface area contributed by atoms with Gasteiger partial charge in [0, 0.05) is 23.2 Å². The number of ketones is 1. The molecule has 0 bridgehead atoms. The second kappa shape index (κ2) is 7.89. The molecule has 6 N–H and O–H groups in total. The molecule has 124 valence electrons. The Morgan fingerprint density at radius 2 is 1.96 bits per heavy atom. The van der Waals surface area contributed by atoms with Gasteiger partial charge in [0.05, 0.1) is 5.69 Å². The number of carbonyl (C=O) groups is 2. The van der Waals surface area contributed by atoms with E-state index in [9.17, 15) is 9.59 Å². The molecule has 2 aromatic rings. The number of anilines is 1. The van der Waals surface area contributed by atoms with Gasteiger partial charge in [-0.1, -0.05) is 24.3 Å². The Morgan fingerprint density at radius 3 is 2.67 bits per heavy atom. The molecule has 24 heavy (non-hydrogen) atoms. The lowest BCUT2D eigenvalue weighted by Crippen LogP contribution is -2.18. The lowest BCUT2D eigenvalue weighted by Gasteiger charge is -2.10. The summed E-state index contributed by atoms with van der Waals surface area (Å²) in [5, 5.41) is 8.79. The summed E-state index contributed by atoms with van der Waals surface area (Å²) in [4.78, 5) is 27.4. The fraction of sp³-hybridized carbons (Fsp3) is 0.118. The van der Waals surface area contributed by atoms with Crippen LogP contribution in [0, 0.1) is 0 Å². The van der Waals surface area contributed by atoms with E-state index in [1.165, 1.54) is 6.34 Å². The summed E-state index contributed by atoms with van der Waals surface area (Å²) in [5.41, 5.74) is 10.6. The van der Waals surface area contributed by atoms with E-state index in [0.717, 1.165) is 0 Å². The van der Waals surface area contributed by atoms with Crippen LogP contribution in [-0.2, 0) is 11.2 Å². The van der Waals surface area contributed by atoms with E-state index in [2.05, 4.69) is 10.4 Å². The zero-order valence-corrected chi connectivity index (χ0v) is 12.9. The van der Waals surface area contributed by atoms with Crippen molar-refractivity contribution in [2.75, 3.05) is 5.73 Å². The van der Waals surface area contributed by atoms with E-state index < -0.39 is 5.97 Å². The molecule has 0 fully saturated rings. The molecular weight excluding hydrogens is 308 g/mol. The molecule has 0 atom stereocenters. The van der Waals surface area contributed by atoms with Crippen molar-refractivity contribution in [1.29, 1.82) is 0 Å². The van der Waals surface area contributed by atoms with Crippen LogP contribution in [0.3, 0.4) is 0 Å². The molecule has 0 aliphatic carbocycles. The minimum atomic E-state index is -0.912. The normalized spacial score (nSPS) is 10.7. The Kier molecular flexibility index (Phi) is 5.64. The van der Waals surface area contributed by atoms with Crippen molar-refractivity contribution < 1.29 is 14.7 Å². The van der Waals surface area contributed by atoms with E-state index in [1.54, 1.807) is 42.5 Å². The first-order valence-electron chi connectivity index (χ1n) is 7.25. The number of nitrogens with one attached hydrogen (secondary N) is 1. The smallest absolute Gasteiger partial charge is 0.303 e. The second-order valence-electron chi connectivity index (χ2n) is 5.08. The molecular formula is C17H18N4O3. The fourth-order valence-electron chi connectivity index (χ4n) is 2.27. The molecule has 0 saturated carbocycles. The van der Waals surface area contributed by atoms with E-state index >= 15 is 0 Å². The van der Waals surface area contributed by atoms with Crippen molar-refractivity contribution in [3.8, 4) is 0 Å². The SMILES string of the molecule is NNC=Nc1cccc(C(=O)c2cccc(CCC(=O)O)c2N)c1. The molecule has 0 heterocycles. The molecule has 2 aromatic carbocycles. The number of hydrazine groups is 1. The number of hydrogen-bond acceptors (Lipinski definition) is 5. The number of carboxylic acids is 1. The minimum absolute atomic E-state index is 0.0435. The Balaban J connectivity index is 2.31. The zero-order chi connectivity index (χ0) is 17.5. The highest BCUT2D eigenvalue weighted by atomic mass is 16.4. The monoisotopic (exact) mass is 326 g/mol. The number of carbonyl (C=O) groups excluding carboxylic acids is 1. The molecule has 0 aliphatic heterocycles. The number of aliphatic carboxylic acids is 1. The Bertz CT molecular complexity index is 787. The Labute approximate surface area is 139 Å². The number of nitrogens with zero attached hydrogens (tertiary/aromatic N) is 1. The van der Waals surface area contributed by atoms with Crippen molar-refractivity contribution in [3.05, 3.63) is 59.2 Å². The molecule has 0 radical (unpaired) electrons. The van der Waals surface area contributed by atoms with Crippen LogP contribution in [0.5, 0.6) is 0 Å². The topological polar surface area (TPSA) is 131 Å². The Hall–Kier alpha value is -3.19. The average Bonchev–Trinajstić information content (AvgIpc) is 2.58. The highest BCUT2D eigenvalue weighted by Gasteiger charge is 2.15. The highest BCUT2D eigenvalue weighted by Crippen LogP contribution is 2.23. The molecule has 7 nitrogen and oxygen atoms in total. The molecule has 0 aromatic heterocycles. The summed E-state index contributed by atoms with van der Waals surface area (Å²) in [7, 11) is 0. The zero-order valence-electron chi connectivity index (χ0n) is 12.9. The van der Waals surface area contributed by atoms with Gasteiger partial charge in [-0.05, 0) is 30.2 Å². The van der Waals surface area contributed by atoms with Crippen molar-refractivity contribution in [3.63, 3.8) is 0 Å². The first kappa shape index (κ1) is 17.2. The van der Waals surface area contributed by atoms with Gasteiger partial charge in [0.1, 0.15) is 6.34 Å². The number of carboxylic acid groups (broad SMARTS) is 1. The molecule has 7 heteroatoms. The number of para-hydroxylation sites is 1. The van der Waals surface area contributed by atoms with Crippen LogP contribution in [0.2, 0.25) is 0 Å². The van der Waals surface area contributed by atoms with Crippen molar-refractivity contribution in [2.24, 2.45) is 10.8 Å². The van der Waals surface area contributed by atoms with Crippen LogP contribution in [-0.4, -0.2) is 23.2 Å². The second-order valence-corrected chi connectivity index (χ2v) is 5.08. The minimum Gasteiger partial charge on any atom is -0.481 e. The van der Waals surface area contributed by atoms with Crippen molar-refractivity contribution >= 4 is 29.5 Å². The van der Waals surface area contributed by atoms with Gasteiger partial charge in [0.25, 0.3) is 0 Å².